The lowest BCUT2D eigenvalue weighted by atomic mass is 9.93. The van der Waals surface area contributed by atoms with Crippen LogP contribution < -0.4 is 10.5 Å². The number of carbonyl (C=O) groups is 1. The fourth-order valence-electron chi connectivity index (χ4n) is 3.21. The molecule has 1 fully saturated rings. The van der Waals surface area contributed by atoms with Crippen LogP contribution in [0, 0.1) is 5.92 Å². The van der Waals surface area contributed by atoms with Gasteiger partial charge in [-0.2, -0.15) is 4.68 Å². The van der Waals surface area contributed by atoms with Crippen LogP contribution in [-0.2, 0) is 4.74 Å². The third kappa shape index (κ3) is 3.03. The molecule has 0 spiro atoms. The zero-order valence-corrected chi connectivity index (χ0v) is 13.6. The molecule has 2 aromatic rings. The minimum atomic E-state index is -0.0750. The number of hydrogen-bond acceptors (Lipinski definition) is 5. The summed E-state index contributed by atoms with van der Waals surface area (Å²) in [5, 5.41) is 5.03. The molecule has 23 heavy (non-hydrogen) atoms. The van der Waals surface area contributed by atoms with E-state index in [4.69, 9.17) is 15.2 Å². The number of methoxy groups -OCH3 is 1. The molecule has 3 rings (SSSR count). The Kier molecular flexibility index (Phi) is 4.52. The highest BCUT2D eigenvalue weighted by Crippen LogP contribution is 2.29. The Morgan fingerprint density at radius 2 is 2.35 bits per heavy atom. The number of nitrogen functional groups attached to an aromatic ring is 1. The summed E-state index contributed by atoms with van der Waals surface area (Å²) in [6.07, 6.45) is 3.68. The molecule has 2 heterocycles. The van der Waals surface area contributed by atoms with Gasteiger partial charge in [0.2, 0.25) is 0 Å². The van der Waals surface area contributed by atoms with Crippen molar-refractivity contribution >= 4 is 22.6 Å². The fraction of sp³-hybridized carbons (Fsp3) is 0.529. The van der Waals surface area contributed by atoms with Crippen molar-refractivity contribution in [3.8, 4) is 5.75 Å². The molecule has 1 aromatic carbocycles. The van der Waals surface area contributed by atoms with E-state index in [9.17, 15) is 4.79 Å². The first-order valence-corrected chi connectivity index (χ1v) is 8.12. The summed E-state index contributed by atoms with van der Waals surface area (Å²) in [6, 6.07) is 5.46. The summed E-state index contributed by atoms with van der Waals surface area (Å²) in [6.45, 7) is 2.75. The Hall–Kier alpha value is -2.08. The number of nitrogens with zero attached hydrogens (tertiary/aromatic N) is 2. The molecule has 124 valence electrons. The predicted molar refractivity (Wildman–Crippen MR) is 88.7 cm³/mol. The highest BCUT2D eigenvalue weighted by molar-refractivity contribution is 5.97. The maximum Gasteiger partial charge on any atom is 0.250 e. The number of aromatic nitrogens is 2. The maximum absolute atomic E-state index is 12.9. The third-order valence-corrected chi connectivity index (χ3v) is 4.45. The molecule has 0 bridgehead atoms. The molecular weight excluding hydrogens is 294 g/mol. The van der Waals surface area contributed by atoms with Gasteiger partial charge < -0.3 is 15.2 Å². The van der Waals surface area contributed by atoms with Gasteiger partial charge in [-0.15, -0.1) is 5.10 Å². The second-order valence-corrected chi connectivity index (χ2v) is 6.02. The van der Waals surface area contributed by atoms with E-state index in [0.29, 0.717) is 23.7 Å². The number of benzene rings is 1. The lowest BCUT2D eigenvalue weighted by Gasteiger charge is -2.28. The predicted octanol–water partition coefficient (Wildman–Crippen LogP) is 2.86. The van der Waals surface area contributed by atoms with E-state index in [-0.39, 0.29) is 17.9 Å². The molecule has 1 aromatic heterocycles. The molecular formula is C17H23N3O3. The lowest BCUT2D eigenvalue weighted by Crippen LogP contribution is -2.33. The van der Waals surface area contributed by atoms with Crippen LogP contribution in [0.4, 0.5) is 5.82 Å². The van der Waals surface area contributed by atoms with E-state index in [1.165, 1.54) is 4.68 Å². The molecule has 0 saturated carbocycles. The van der Waals surface area contributed by atoms with Crippen molar-refractivity contribution in [2.45, 2.75) is 38.7 Å². The van der Waals surface area contributed by atoms with Gasteiger partial charge >= 0.3 is 0 Å². The number of hydrogen-bond donors (Lipinski definition) is 1. The number of rotatable bonds is 4. The molecule has 2 unspecified atom stereocenters. The van der Waals surface area contributed by atoms with Crippen LogP contribution in [0.2, 0.25) is 0 Å². The van der Waals surface area contributed by atoms with Gasteiger partial charge in [-0.3, -0.25) is 4.79 Å². The summed E-state index contributed by atoms with van der Waals surface area (Å²) in [4.78, 5) is 12.9. The monoisotopic (exact) mass is 317 g/mol. The van der Waals surface area contributed by atoms with Gasteiger partial charge in [-0.1, -0.05) is 13.3 Å². The van der Waals surface area contributed by atoms with E-state index < -0.39 is 0 Å². The van der Waals surface area contributed by atoms with Crippen molar-refractivity contribution in [3.05, 3.63) is 18.2 Å². The van der Waals surface area contributed by atoms with E-state index in [1.54, 1.807) is 13.2 Å². The highest BCUT2D eigenvalue weighted by atomic mass is 16.5. The van der Waals surface area contributed by atoms with Gasteiger partial charge in [0, 0.05) is 24.0 Å². The van der Waals surface area contributed by atoms with Crippen molar-refractivity contribution in [2.75, 3.05) is 19.5 Å². The Morgan fingerprint density at radius 3 is 3.09 bits per heavy atom. The second-order valence-electron chi connectivity index (χ2n) is 6.02. The third-order valence-electron chi connectivity index (χ3n) is 4.45. The van der Waals surface area contributed by atoms with Crippen molar-refractivity contribution in [1.29, 1.82) is 0 Å². The topological polar surface area (TPSA) is 79.4 Å². The van der Waals surface area contributed by atoms with Crippen molar-refractivity contribution in [2.24, 2.45) is 5.92 Å². The molecule has 1 saturated heterocycles. The standard InChI is InChI=1S/C17H23N3O3/c1-3-4-13-9-11(7-8-23-13)17(21)20-15-10-12(22-2)5-6-14(15)16(18)19-20/h5-6,10-11,13H,3-4,7-9H2,1-2H3,(H2,18,19). The van der Waals surface area contributed by atoms with Gasteiger partial charge in [0.05, 0.1) is 18.7 Å². The van der Waals surface area contributed by atoms with Crippen LogP contribution >= 0.6 is 0 Å². The smallest absolute Gasteiger partial charge is 0.250 e. The lowest BCUT2D eigenvalue weighted by molar-refractivity contribution is -0.0119. The van der Waals surface area contributed by atoms with Crippen molar-refractivity contribution in [3.63, 3.8) is 0 Å². The van der Waals surface area contributed by atoms with Gasteiger partial charge in [0.15, 0.2) is 5.82 Å². The largest absolute Gasteiger partial charge is 0.497 e. The number of carbonyl (C=O) groups excluding carboxylic acids is 1. The van der Waals surface area contributed by atoms with Crippen LogP contribution in [0.5, 0.6) is 5.75 Å². The van der Waals surface area contributed by atoms with E-state index in [0.717, 1.165) is 31.1 Å². The van der Waals surface area contributed by atoms with Crippen molar-refractivity contribution in [1.82, 2.24) is 9.78 Å². The Balaban J connectivity index is 1.91. The van der Waals surface area contributed by atoms with Gasteiger partial charge in [0.1, 0.15) is 5.75 Å². The summed E-state index contributed by atoms with van der Waals surface area (Å²) in [5.74, 6) is 0.966. The minimum Gasteiger partial charge on any atom is -0.497 e. The first kappa shape index (κ1) is 15.8. The van der Waals surface area contributed by atoms with Crippen LogP contribution in [0.15, 0.2) is 18.2 Å². The van der Waals surface area contributed by atoms with E-state index in [2.05, 4.69) is 12.0 Å². The zero-order valence-electron chi connectivity index (χ0n) is 13.6. The number of ether oxygens (including phenoxy) is 2. The Morgan fingerprint density at radius 1 is 1.52 bits per heavy atom. The number of anilines is 1. The van der Waals surface area contributed by atoms with Crippen LogP contribution in [0.3, 0.4) is 0 Å². The second kappa shape index (κ2) is 6.58. The molecule has 0 radical (unpaired) electrons. The first-order chi connectivity index (χ1) is 11.1. The van der Waals surface area contributed by atoms with Crippen LogP contribution in [0.25, 0.3) is 10.9 Å². The van der Waals surface area contributed by atoms with E-state index in [1.807, 2.05) is 12.1 Å². The van der Waals surface area contributed by atoms with Gasteiger partial charge in [-0.05, 0) is 31.4 Å². The SMILES string of the molecule is CCCC1CC(C(=O)n2nc(N)c3ccc(OC)cc32)CCO1. The molecule has 6 nitrogen and oxygen atoms in total. The average Bonchev–Trinajstić information content (AvgIpc) is 2.91. The normalized spacial score (nSPS) is 21.5. The highest BCUT2D eigenvalue weighted by Gasteiger charge is 2.30. The Bertz CT molecular complexity index is 708. The maximum atomic E-state index is 12.9. The quantitative estimate of drug-likeness (QED) is 0.938. The summed E-state index contributed by atoms with van der Waals surface area (Å²) < 4.78 is 12.4. The van der Waals surface area contributed by atoms with Crippen LogP contribution in [-0.4, -0.2) is 35.5 Å². The molecule has 0 amide bonds. The van der Waals surface area contributed by atoms with Crippen LogP contribution in [0.1, 0.15) is 37.4 Å². The number of nitrogens with two attached hydrogens (primary N) is 1. The average molecular weight is 317 g/mol. The molecule has 2 atom stereocenters. The van der Waals surface area contributed by atoms with Crippen molar-refractivity contribution < 1.29 is 14.3 Å². The summed E-state index contributed by atoms with van der Waals surface area (Å²) in [7, 11) is 1.60. The first-order valence-electron chi connectivity index (χ1n) is 8.12. The molecule has 6 heteroatoms. The summed E-state index contributed by atoms with van der Waals surface area (Å²) >= 11 is 0. The fourth-order valence-corrected chi connectivity index (χ4v) is 3.21. The minimum absolute atomic E-state index is 0.00986. The summed E-state index contributed by atoms with van der Waals surface area (Å²) in [5.41, 5.74) is 6.66. The van der Waals surface area contributed by atoms with E-state index >= 15 is 0 Å². The molecule has 2 N–H and O–H groups in total. The molecule has 0 aliphatic carbocycles. The molecule has 1 aliphatic rings. The van der Waals surface area contributed by atoms with Gasteiger partial charge in [0.25, 0.3) is 5.91 Å². The van der Waals surface area contributed by atoms with Gasteiger partial charge in [-0.25, -0.2) is 0 Å². The number of fused-ring (bicyclic) bond motifs is 1. The Labute approximate surface area is 135 Å². The molecule has 1 aliphatic heterocycles. The zero-order chi connectivity index (χ0) is 16.4.